The normalized spacial score (nSPS) is 15.0. The highest BCUT2D eigenvalue weighted by Crippen LogP contribution is 2.32. The lowest BCUT2D eigenvalue weighted by atomic mass is 10.2. The van der Waals surface area contributed by atoms with Crippen molar-refractivity contribution in [3.8, 4) is 11.5 Å². The van der Waals surface area contributed by atoms with Crippen molar-refractivity contribution in [2.45, 2.75) is 12.6 Å². The van der Waals surface area contributed by atoms with Crippen LogP contribution in [0.2, 0.25) is 0 Å². The number of halogens is 3. The standard InChI is InChI=1S/C17H14F3N3O2/c18-17(19,20)12-2-1-3-13(8-12)23-7-6-16(22-23)21-10-11-4-5-14(24)9-15(11)25/h1-5,8-10,24-25H,6-7H2/b21-10+. The number of benzene rings is 2. The van der Waals surface area contributed by atoms with E-state index in [1.807, 2.05) is 0 Å². The SMILES string of the molecule is Oc1ccc(/C=N/C2=NN(c3cccc(C(F)(F)F)c3)CC2)c(O)c1. The van der Waals surface area contributed by atoms with Crippen LogP contribution in [0.25, 0.3) is 0 Å². The van der Waals surface area contributed by atoms with Crippen molar-refractivity contribution in [3.63, 3.8) is 0 Å². The van der Waals surface area contributed by atoms with E-state index < -0.39 is 11.7 Å². The quantitative estimate of drug-likeness (QED) is 0.811. The van der Waals surface area contributed by atoms with E-state index in [2.05, 4.69) is 10.1 Å². The molecule has 1 aliphatic heterocycles. The first-order valence-electron chi connectivity index (χ1n) is 7.41. The third-order valence-corrected chi connectivity index (χ3v) is 3.62. The van der Waals surface area contributed by atoms with Gasteiger partial charge < -0.3 is 10.2 Å². The fourth-order valence-electron chi connectivity index (χ4n) is 2.35. The summed E-state index contributed by atoms with van der Waals surface area (Å²) in [4.78, 5) is 4.15. The second-order valence-electron chi connectivity index (χ2n) is 5.44. The lowest BCUT2D eigenvalue weighted by molar-refractivity contribution is -0.137. The maximum atomic E-state index is 12.8. The molecule has 130 valence electrons. The Labute approximate surface area is 141 Å². The smallest absolute Gasteiger partial charge is 0.416 e. The van der Waals surface area contributed by atoms with Crippen molar-refractivity contribution in [3.05, 3.63) is 53.6 Å². The predicted octanol–water partition coefficient (Wildman–Crippen LogP) is 3.76. The van der Waals surface area contributed by atoms with Crippen LogP contribution in [0.1, 0.15) is 17.5 Å². The van der Waals surface area contributed by atoms with Crippen LogP contribution in [0.15, 0.2) is 52.6 Å². The number of hydrogen-bond donors (Lipinski definition) is 2. The van der Waals surface area contributed by atoms with Crippen LogP contribution >= 0.6 is 0 Å². The van der Waals surface area contributed by atoms with Gasteiger partial charge in [-0.1, -0.05) is 6.07 Å². The van der Waals surface area contributed by atoms with Crippen molar-refractivity contribution in [2.75, 3.05) is 11.6 Å². The van der Waals surface area contributed by atoms with E-state index in [-0.39, 0.29) is 11.5 Å². The summed E-state index contributed by atoms with van der Waals surface area (Å²) >= 11 is 0. The maximum absolute atomic E-state index is 12.8. The molecule has 0 aromatic heterocycles. The van der Waals surface area contributed by atoms with Gasteiger partial charge in [0.15, 0.2) is 5.84 Å². The van der Waals surface area contributed by atoms with Crippen molar-refractivity contribution in [2.24, 2.45) is 10.1 Å². The summed E-state index contributed by atoms with van der Waals surface area (Å²) in [5.41, 5.74) is 0.0108. The van der Waals surface area contributed by atoms with E-state index in [0.717, 1.165) is 12.1 Å². The lowest BCUT2D eigenvalue weighted by Gasteiger charge is -2.15. The number of amidine groups is 1. The summed E-state index contributed by atoms with van der Waals surface area (Å²) in [6.45, 7) is 0.412. The number of alkyl halides is 3. The number of hydrogen-bond acceptors (Lipinski definition) is 5. The molecule has 0 atom stereocenters. The van der Waals surface area contributed by atoms with E-state index >= 15 is 0 Å². The Bertz CT molecular complexity index is 847. The third kappa shape index (κ3) is 3.90. The van der Waals surface area contributed by atoms with Gasteiger partial charge in [-0.2, -0.15) is 18.3 Å². The van der Waals surface area contributed by atoms with Gasteiger partial charge in [0.2, 0.25) is 0 Å². The molecule has 2 aromatic rings. The summed E-state index contributed by atoms with van der Waals surface area (Å²) in [7, 11) is 0. The third-order valence-electron chi connectivity index (χ3n) is 3.62. The molecular weight excluding hydrogens is 335 g/mol. The van der Waals surface area contributed by atoms with Crippen LogP contribution < -0.4 is 5.01 Å². The van der Waals surface area contributed by atoms with Gasteiger partial charge in [0.25, 0.3) is 0 Å². The Kier molecular flexibility index (Phi) is 4.35. The van der Waals surface area contributed by atoms with Crippen molar-refractivity contribution < 1.29 is 23.4 Å². The molecule has 0 fully saturated rings. The first kappa shape index (κ1) is 16.8. The molecule has 0 saturated heterocycles. The van der Waals surface area contributed by atoms with Gasteiger partial charge >= 0.3 is 6.18 Å². The lowest BCUT2D eigenvalue weighted by Crippen LogP contribution is -2.13. The Morgan fingerprint density at radius 3 is 2.64 bits per heavy atom. The minimum absolute atomic E-state index is 0.0661. The number of hydrazone groups is 1. The molecule has 25 heavy (non-hydrogen) atoms. The molecule has 2 N–H and O–H groups in total. The molecule has 0 amide bonds. The first-order valence-corrected chi connectivity index (χ1v) is 7.41. The van der Waals surface area contributed by atoms with Crippen LogP contribution in [0.5, 0.6) is 11.5 Å². The summed E-state index contributed by atoms with van der Waals surface area (Å²) in [5.74, 6) is 0.241. The van der Waals surface area contributed by atoms with E-state index in [0.29, 0.717) is 30.1 Å². The number of nitrogens with zero attached hydrogens (tertiary/aromatic N) is 3. The Hall–Kier alpha value is -3.03. The molecule has 5 nitrogen and oxygen atoms in total. The van der Waals surface area contributed by atoms with E-state index in [4.69, 9.17) is 0 Å². The van der Waals surface area contributed by atoms with Crippen LogP contribution in [0, 0.1) is 0 Å². The van der Waals surface area contributed by atoms with Gasteiger partial charge in [-0.05, 0) is 30.3 Å². The average Bonchev–Trinajstić information content (AvgIpc) is 3.02. The first-order chi connectivity index (χ1) is 11.8. The monoisotopic (exact) mass is 349 g/mol. The van der Waals surface area contributed by atoms with E-state index in [1.165, 1.54) is 35.5 Å². The fourth-order valence-corrected chi connectivity index (χ4v) is 2.35. The molecule has 0 unspecified atom stereocenters. The molecule has 8 heteroatoms. The Morgan fingerprint density at radius 2 is 1.92 bits per heavy atom. The summed E-state index contributed by atoms with van der Waals surface area (Å²) < 4.78 is 38.4. The minimum Gasteiger partial charge on any atom is -0.508 e. The molecule has 0 saturated carbocycles. The van der Waals surface area contributed by atoms with Crippen molar-refractivity contribution in [1.82, 2.24) is 0 Å². The molecule has 1 aliphatic rings. The number of aromatic hydroxyl groups is 2. The number of phenols is 2. The Balaban J connectivity index is 1.77. The fraction of sp³-hybridized carbons (Fsp3) is 0.176. The molecular formula is C17H14F3N3O2. The van der Waals surface area contributed by atoms with Gasteiger partial charge in [0.1, 0.15) is 11.5 Å². The molecule has 0 aliphatic carbocycles. The van der Waals surface area contributed by atoms with Gasteiger partial charge in [-0.25, -0.2) is 4.99 Å². The average molecular weight is 349 g/mol. The second kappa shape index (κ2) is 6.46. The Morgan fingerprint density at radius 1 is 1.12 bits per heavy atom. The highest BCUT2D eigenvalue weighted by Gasteiger charge is 2.31. The largest absolute Gasteiger partial charge is 0.508 e. The zero-order valence-corrected chi connectivity index (χ0v) is 12.9. The van der Waals surface area contributed by atoms with Gasteiger partial charge in [0, 0.05) is 30.8 Å². The predicted molar refractivity (Wildman–Crippen MR) is 88.2 cm³/mol. The van der Waals surface area contributed by atoms with Crippen LogP contribution in [-0.4, -0.2) is 28.8 Å². The molecule has 0 radical (unpaired) electrons. The molecule has 0 spiro atoms. The molecule has 1 heterocycles. The highest BCUT2D eigenvalue weighted by molar-refractivity contribution is 5.97. The number of aliphatic imine (C=N–C) groups is 1. The second-order valence-corrected chi connectivity index (χ2v) is 5.44. The summed E-state index contributed by atoms with van der Waals surface area (Å²) in [6.07, 6.45) is -2.55. The molecule has 2 aromatic carbocycles. The summed E-state index contributed by atoms with van der Waals surface area (Å²) in [6, 6.07) is 9.03. The minimum atomic E-state index is -4.41. The van der Waals surface area contributed by atoms with Gasteiger partial charge in [0.05, 0.1) is 11.3 Å². The highest BCUT2D eigenvalue weighted by atomic mass is 19.4. The van der Waals surface area contributed by atoms with E-state index in [9.17, 15) is 23.4 Å². The number of anilines is 1. The van der Waals surface area contributed by atoms with Crippen LogP contribution in [-0.2, 0) is 6.18 Å². The van der Waals surface area contributed by atoms with Crippen molar-refractivity contribution >= 4 is 17.7 Å². The van der Waals surface area contributed by atoms with Gasteiger partial charge in [-0.15, -0.1) is 0 Å². The molecule has 0 bridgehead atoms. The van der Waals surface area contributed by atoms with Crippen molar-refractivity contribution in [1.29, 1.82) is 0 Å². The van der Waals surface area contributed by atoms with Crippen LogP contribution in [0.4, 0.5) is 18.9 Å². The maximum Gasteiger partial charge on any atom is 0.416 e. The van der Waals surface area contributed by atoms with Gasteiger partial charge in [-0.3, -0.25) is 5.01 Å². The zero-order valence-electron chi connectivity index (χ0n) is 12.9. The van der Waals surface area contributed by atoms with E-state index in [1.54, 1.807) is 6.07 Å². The van der Waals surface area contributed by atoms with Crippen LogP contribution in [0.3, 0.4) is 0 Å². The number of rotatable bonds is 2. The molecule has 3 rings (SSSR count). The summed E-state index contributed by atoms with van der Waals surface area (Å²) in [5, 5.41) is 24.6. The zero-order chi connectivity index (χ0) is 18.0. The topological polar surface area (TPSA) is 68.4 Å². The number of phenolic OH excluding ortho intramolecular Hbond substituents is 2.